The van der Waals surface area contributed by atoms with Crippen molar-refractivity contribution in [3.63, 3.8) is 0 Å². The fraction of sp³-hybridized carbons (Fsp3) is 0.381. The number of aromatic nitrogens is 1. The number of nitrogens with one attached hydrogen (secondary N) is 1. The van der Waals surface area contributed by atoms with Crippen LogP contribution in [0, 0.1) is 12.3 Å². The van der Waals surface area contributed by atoms with Crippen LogP contribution in [-0.4, -0.2) is 49.9 Å². The average molecular weight is 448 g/mol. The number of pyridine rings is 1. The molecule has 1 aromatic carbocycles. The molecule has 1 aromatic heterocycles. The highest BCUT2D eigenvalue weighted by Crippen LogP contribution is 2.20. The summed E-state index contributed by atoms with van der Waals surface area (Å²) in [7, 11) is -2.42. The van der Waals surface area contributed by atoms with Crippen molar-refractivity contribution < 1.29 is 8.42 Å². The Hall–Kier alpha value is -2.25. The monoisotopic (exact) mass is 447 g/mol. The third-order valence-corrected chi connectivity index (χ3v) is 7.06. The van der Waals surface area contributed by atoms with Gasteiger partial charge in [-0.15, -0.1) is 12.3 Å². The lowest BCUT2D eigenvalue weighted by Gasteiger charge is -2.35. The van der Waals surface area contributed by atoms with Crippen LogP contribution in [0.1, 0.15) is 20.8 Å². The zero-order valence-corrected chi connectivity index (χ0v) is 19.2. The van der Waals surface area contributed by atoms with Crippen molar-refractivity contribution in [2.75, 3.05) is 36.8 Å². The lowest BCUT2D eigenvalue weighted by atomic mass is 10.2. The summed E-state index contributed by atoms with van der Waals surface area (Å²) in [6, 6.07) is 11.4. The second kappa shape index (κ2) is 11.8. The van der Waals surface area contributed by atoms with Gasteiger partial charge in [-0.3, -0.25) is 0 Å². The molecule has 1 aliphatic heterocycles. The summed E-state index contributed by atoms with van der Waals surface area (Å²) in [4.78, 5) is 7.70. The summed E-state index contributed by atoms with van der Waals surface area (Å²) in [5, 5.41) is 0. The molecule has 1 saturated heterocycles. The van der Waals surface area contributed by atoms with E-state index in [1.165, 1.54) is 0 Å². The summed E-state index contributed by atoms with van der Waals surface area (Å²) >= 11 is 0. The molecule has 0 radical (unpaired) electrons. The van der Waals surface area contributed by atoms with Gasteiger partial charge in [-0.2, -0.15) is 0 Å². The molecule has 0 saturated carbocycles. The molecule has 0 spiro atoms. The van der Waals surface area contributed by atoms with Gasteiger partial charge in [0, 0.05) is 44.1 Å². The van der Waals surface area contributed by atoms with Crippen LogP contribution in [0.15, 0.2) is 52.4 Å². The normalized spacial score (nSPS) is 16.3. The van der Waals surface area contributed by atoms with Gasteiger partial charge in [0.1, 0.15) is 27.8 Å². The van der Waals surface area contributed by atoms with E-state index in [-0.39, 0.29) is 6.04 Å². The first-order chi connectivity index (χ1) is 14.3. The Bertz CT molecular complexity index is 887. The number of terminal acetylenes is 1. The number of piperazine rings is 1. The SMILES string of the molecule is C#CC.CC(C)NS(=O)c1ccc(N2CCN(S(=O)c3ccc(N)nc3)CC2)cc1. The second-order valence-electron chi connectivity index (χ2n) is 6.91. The van der Waals surface area contributed by atoms with E-state index in [0.717, 1.165) is 23.7 Å². The van der Waals surface area contributed by atoms with E-state index in [0.29, 0.717) is 23.8 Å². The maximum atomic E-state index is 12.7. The van der Waals surface area contributed by atoms with E-state index in [2.05, 4.69) is 26.9 Å². The Morgan fingerprint density at radius 1 is 1.07 bits per heavy atom. The first kappa shape index (κ1) is 24.0. The smallest absolute Gasteiger partial charge is 0.129 e. The van der Waals surface area contributed by atoms with Crippen molar-refractivity contribution in [2.24, 2.45) is 0 Å². The van der Waals surface area contributed by atoms with Crippen molar-refractivity contribution in [2.45, 2.75) is 36.6 Å². The molecule has 2 heterocycles. The topological polar surface area (TPSA) is 91.6 Å². The van der Waals surface area contributed by atoms with Gasteiger partial charge in [0.25, 0.3) is 0 Å². The van der Waals surface area contributed by atoms with Crippen molar-refractivity contribution in [1.82, 2.24) is 14.0 Å². The summed E-state index contributed by atoms with van der Waals surface area (Å²) in [6.07, 6.45) is 6.17. The third-order valence-electron chi connectivity index (χ3n) is 4.19. The quantitative estimate of drug-likeness (QED) is 0.662. The number of benzene rings is 1. The van der Waals surface area contributed by atoms with Crippen LogP contribution in [0.2, 0.25) is 0 Å². The maximum Gasteiger partial charge on any atom is 0.129 e. The van der Waals surface area contributed by atoms with Gasteiger partial charge in [-0.1, -0.05) is 0 Å². The molecule has 0 aliphatic carbocycles. The molecule has 2 unspecified atom stereocenters. The van der Waals surface area contributed by atoms with E-state index >= 15 is 0 Å². The number of rotatable bonds is 6. The van der Waals surface area contributed by atoms with Gasteiger partial charge in [0.15, 0.2) is 0 Å². The molecule has 2 aromatic rings. The van der Waals surface area contributed by atoms with Crippen molar-refractivity contribution in [3.8, 4) is 12.3 Å². The van der Waals surface area contributed by atoms with E-state index < -0.39 is 22.0 Å². The molecule has 30 heavy (non-hydrogen) atoms. The van der Waals surface area contributed by atoms with Crippen LogP contribution in [0.3, 0.4) is 0 Å². The van der Waals surface area contributed by atoms with Crippen LogP contribution >= 0.6 is 0 Å². The Morgan fingerprint density at radius 3 is 2.13 bits per heavy atom. The Kier molecular flexibility index (Phi) is 9.46. The van der Waals surface area contributed by atoms with Crippen molar-refractivity contribution >= 4 is 33.5 Å². The molecular weight excluding hydrogens is 418 g/mol. The molecule has 3 N–H and O–H groups in total. The standard InChI is InChI=1S/C18H25N5O2S2.C3H4/c1-14(2)21-26(24)16-5-3-15(4-6-16)22-9-11-23(12-10-22)27(25)17-7-8-18(19)20-13-17;1-3-2/h3-8,13-14,21H,9-12H2,1-2H3,(H2,19,20);1H,2H3. The number of nitrogens with two attached hydrogens (primary N) is 1. The molecule has 7 nitrogen and oxygen atoms in total. The van der Waals surface area contributed by atoms with E-state index in [9.17, 15) is 8.42 Å². The highest BCUT2D eigenvalue weighted by molar-refractivity contribution is 7.83. The first-order valence-corrected chi connectivity index (χ1v) is 11.9. The molecular formula is C21H29N5O2S2. The Morgan fingerprint density at radius 2 is 1.63 bits per heavy atom. The van der Waals surface area contributed by atoms with E-state index in [4.69, 9.17) is 5.73 Å². The zero-order valence-electron chi connectivity index (χ0n) is 17.6. The molecule has 1 fully saturated rings. The van der Waals surface area contributed by atoms with Crippen molar-refractivity contribution in [1.29, 1.82) is 0 Å². The molecule has 1 aliphatic rings. The summed E-state index contributed by atoms with van der Waals surface area (Å²) in [5.74, 6) is 2.67. The zero-order chi connectivity index (χ0) is 22.1. The number of nitrogen functional groups attached to an aromatic ring is 1. The molecule has 3 rings (SSSR count). The predicted octanol–water partition coefficient (Wildman–Crippen LogP) is 2.17. The molecule has 0 amide bonds. The highest BCUT2D eigenvalue weighted by Gasteiger charge is 2.22. The van der Waals surface area contributed by atoms with Crippen molar-refractivity contribution in [3.05, 3.63) is 42.6 Å². The van der Waals surface area contributed by atoms with Crippen LogP contribution < -0.4 is 15.4 Å². The lowest BCUT2D eigenvalue weighted by molar-refractivity contribution is 0.410. The lowest BCUT2D eigenvalue weighted by Crippen LogP contribution is -2.46. The largest absolute Gasteiger partial charge is 0.384 e. The highest BCUT2D eigenvalue weighted by atomic mass is 32.2. The van der Waals surface area contributed by atoms with Crippen LogP contribution in [0.5, 0.6) is 0 Å². The maximum absolute atomic E-state index is 12.7. The van der Waals surface area contributed by atoms with Gasteiger partial charge >= 0.3 is 0 Å². The van der Waals surface area contributed by atoms with Crippen LogP contribution in [-0.2, 0) is 22.0 Å². The summed E-state index contributed by atoms with van der Waals surface area (Å²) in [6.45, 7) is 8.53. The van der Waals surface area contributed by atoms with E-state index in [1.807, 2.05) is 42.4 Å². The Balaban J connectivity index is 0.00000101. The van der Waals surface area contributed by atoms with Gasteiger partial charge in [0.05, 0.1) is 9.79 Å². The first-order valence-electron chi connectivity index (χ1n) is 9.64. The summed E-state index contributed by atoms with van der Waals surface area (Å²) < 4.78 is 29.8. The number of hydrogen-bond donors (Lipinski definition) is 2. The third kappa shape index (κ3) is 6.92. The molecule has 2 atom stereocenters. The number of anilines is 2. The average Bonchev–Trinajstić information content (AvgIpc) is 2.74. The number of hydrogen-bond acceptors (Lipinski definition) is 5. The fourth-order valence-electron chi connectivity index (χ4n) is 2.82. The van der Waals surface area contributed by atoms with Gasteiger partial charge in [-0.05, 0) is 57.2 Å². The fourth-order valence-corrected chi connectivity index (χ4v) is 4.89. The minimum Gasteiger partial charge on any atom is -0.384 e. The van der Waals surface area contributed by atoms with Gasteiger partial charge in [-0.25, -0.2) is 22.4 Å². The second-order valence-corrected chi connectivity index (χ2v) is 9.64. The van der Waals surface area contributed by atoms with E-state index in [1.54, 1.807) is 25.3 Å². The molecule has 0 bridgehead atoms. The van der Waals surface area contributed by atoms with Crippen LogP contribution in [0.4, 0.5) is 11.5 Å². The molecule has 162 valence electrons. The summed E-state index contributed by atoms with van der Waals surface area (Å²) in [5.41, 5.74) is 6.67. The van der Waals surface area contributed by atoms with Gasteiger partial charge in [0.2, 0.25) is 0 Å². The number of nitrogens with zero attached hydrogens (tertiary/aromatic N) is 3. The van der Waals surface area contributed by atoms with Gasteiger partial charge < -0.3 is 10.6 Å². The molecule has 9 heteroatoms. The minimum atomic E-state index is -1.23. The van der Waals surface area contributed by atoms with Crippen LogP contribution in [0.25, 0.3) is 0 Å². The minimum absolute atomic E-state index is 0.163. The predicted molar refractivity (Wildman–Crippen MR) is 124 cm³/mol. The Labute approximate surface area is 184 Å².